The topological polar surface area (TPSA) is 20.2 Å². The van der Waals surface area contributed by atoms with Crippen LogP contribution in [0.1, 0.15) is 101 Å². The van der Waals surface area contributed by atoms with Gasteiger partial charge in [0, 0.05) is 0 Å². The van der Waals surface area contributed by atoms with E-state index in [0.29, 0.717) is 5.75 Å². The fraction of sp³-hybridized carbons (Fsp3) is 0.727. The molecule has 0 unspecified atom stereocenters. The predicted octanol–water partition coefficient (Wildman–Crippen LogP) is 7.12. The Morgan fingerprint density at radius 2 is 1.13 bits per heavy atom. The Balaban J connectivity index is 2.40. The summed E-state index contributed by atoms with van der Waals surface area (Å²) < 4.78 is 0. The number of phenols is 1. The van der Waals surface area contributed by atoms with Gasteiger partial charge >= 0.3 is 0 Å². The summed E-state index contributed by atoms with van der Waals surface area (Å²) in [7, 11) is 0. The number of aryl methyl sites for hydroxylation is 1. The smallest absolute Gasteiger partial charge is 0.119 e. The molecule has 0 saturated heterocycles. The second kappa shape index (κ2) is 12.4. The van der Waals surface area contributed by atoms with Crippen LogP contribution >= 0.6 is 0 Å². The van der Waals surface area contributed by atoms with E-state index in [9.17, 15) is 5.11 Å². The van der Waals surface area contributed by atoms with Gasteiger partial charge in [-0.3, -0.25) is 0 Å². The molecular formula is C22H38O. The van der Waals surface area contributed by atoms with Gasteiger partial charge in [-0.25, -0.2) is 0 Å². The summed E-state index contributed by atoms with van der Waals surface area (Å²) in [6.07, 6.45) is 16.7. The summed E-state index contributed by atoms with van der Waals surface area (Å²) in [5.74, 6) is 0.519. The van der Waals surface area contributed by atoms with E-state index < -0.39 is 0 Å². The maximum absolute atomic E-state index is 10.3. The predicted molar refractivity (Wildman–Crippen MR) is 102 cm³/mol. The Kier molecular flexibility index (Phi) is 10.9. The molecule has 0 saturated carbocycles. The minimum absolute atomic E-state index is 0.519. The van der Waals surface area contributed by atoms with E-state index in [0.717, 1.165) is 12.8 Å². The van der Waals surface area contributed by atoms with Gasteiger partial charge in [0.2, 0.25) is 0 Å². The van der Waals surface area contributed by atoms with Crippen molar-refractivity contribution in [3.8, 4) is 5.75 Å². The van der Waals surface area contributed by atoms with Crippen molar-refractivity contribution in [2.45, 2.75) is 104 Å². The first-order valence-corrected chi connectivity index (χ1v) is 10.0. The van der Waals surface area contributed by atoms with Crippen molar-refractivity contribution in [1.82, 2.24) is 0 Å². The molecule has 23 heavy (non-hydrogen) atoms. The third-order valence-electron chi connectivity index (χ3n) is 4.95. The summed E-state index contributed by atoms with van der Waals surface area (Å²) in [5.41, 5.74) is 4.00. The first-order chi connectivity index (χ1) is 11.2. The van der Waals surface area contributed by atoms with E-state index in [2.05, 4.69) is 26.8 Å². The largest absolute Gasteiger partial charge is 0.508 e. The third-order valence-corrected chi connectivity index (χ3v) is 4.95. The van der Waals surface area contributed by atoms with Gasteiger partial charge in [0.1, 0.15) is 5.75 Å². The van der Waals surface area contributed by atoms with Gasteiger partial charge in [0.25, 0.3) is 0 Å². The van der Waals surface area contributed by atoms with Crippen molar-refractivity contribution in [3.05, 3.63) is 28.8 Å². The molecular weight excluding hydrogens is 280 g/mol. The lowest BCUT2D eigenvalue weighted by atomic mass is 9.92. The highest BCUT2D eigenvalue weighted by Crippen LogP contribution is 2.28. The van der Waals surface area contributed by atoms with Gasteiger partial charge in [-0.15, -0.1) is 0 Å². The maximum atomic E-state index is 10.3. The van der Waals surface area contributed by atoms with Crippen molar-refractivity contribution in [2.75, 3.05) is 0 Å². The Bertz CT molecular complexity index is 422. The Labute approximate surface area is 144 Å². The molecule has 1 rings (SSSR count). The van der Waals surface area contributed by atoms with Crippen LogP contribution in [0.3, 0.4) is 0 Å². The number of rotatable bonds is 13. The summed E-state index contributed by atoms with van der Waals surface area (Å²) in [6.45, 7) is 6.71. The molecule has 0 amide bonds. The molecule has 1 N–H and O–H groups in total. The average Bonchev–Trinajstić information content (AvgIpc) is 2.55. The lowest BCUT2D eigenvalue weighted by Crippen LogP contribution is -1.99. The second-order valence-corrected chi connectivity index (χ2v) is 7.04. The molecule has 0 aliphatic heterocycles. The molecule has 0 aliphatic rings. The van der Waals surface area contributed by atoms with E-state index in [1.54, 1.807) is 0 Å². The van der Waals surface area contributed by atoms with Crippen LogP contribution in [-0.4, -0.2) is 5.11 Å². The van der Waals surface area contributed by atoms with E-state index in [4.69, 9.17) is 0 Å². The van der Waals surface area contributed by atoms with E-state index >= 15 is 0 Å². The maximum Gasteiger partial charge on any atom is 0.119 e. The highest BCUT2D eigenvalue weighted by Gasteiger charge is 2.10. The zero-order valence-corrected chi connectivity index (χ0v) is 15.8. The summed E-state index contributed by atoms with van der Waals surface area (Å²) in [4.78, 5) is 0. The molecule has 0 bridgehead atoms. The SMILES string of the molecule is CCCCCCCCCCc1c(O)ccc(C)c1CCCCC. The number of hydrogen-bond acceptors (Lipinski definition) is 1. The van der Waals surface area contributed by atoms with Crippen molar-refractivity contribution in [2.24, 2.45) is 0 Å². The zero-order chi connectivity index (χ0) is 16.9. The summed E-state index contributed by atoms with van der Waals surface area (Å²) >= 11 is 0. The zero-order valence-electron chi connectivity index (χ0n) is 15.8. The minimum Gasteiger partial charge on any atom is -0.508 e. The molecule has 0 aliphatic carbocycles. The molecule has 0 heterocycles. The van der Waals surface area contributed by atoms with Gasteiger partial charge < -0.3 is 5.11 Å². The molecule has 0 atom stereocenters. The standard InChI is InChI=1S/C22H38O/c1-4-6-8-9-10-11-12-14-16-21-20(15-13-7-5-2)19(3)17-18-22(21)23/h17-18,23H,4-16H2,1-3H3. The second-order valence-electron chi connectivity index (χ2n) is 7.04. The first-order valence-electron chi connectivity index (χ1n) is 10.0. The normalized spacial score (nSPS) is 11.1. The van der Waals surface area contributed by atoms with Gasteiger partial charge in [-0.1, -0.05) is 77.7 Å². The van der Waals surface area contributed by atoms with Crippen molar-refractivity contribution >= 4 is 0 Å². The Morgan fingerprint density at radius 1 is 0.652 bits per heavy atom. The Hall–Kier alpha value is -0.980. The lowest BCUT2D eigenvalue weighted by molar-refractivity contribution is 0.464. The number of phenolic OH excluding ortho intramolecular Hbond substituents is 1. The van der Waals surface area contributed by atoms with E-state index in [1.807, 2.05) is 6.07 Å². The molecule has 1 aromatic rings. The number of benzene rings is 1. The Morgan fingerprint density at radius 3 is 1.78 bits per heavy atom. The van der Waals surface area contributed by atoms with Gasteiger partial charge in [-0.2, -0.15) is 0 Å². The lowest BCUT2D eigenvalue weighted by Gasteiger charge is -2.14. The van der Waals surface area contributed by atoms with Crippen LogP contribution in [0.15, 0.2) is 12.1 Å². The third kappa shape index (κ3) is 7.90. The van der Waals surface area contributed by atoms with Crippen molar-refractivity contribution in [3.63, 3.8) is 0 Å². The fourth-order valence-electron chi connectivity index (χ4n) is 3.41. The quantitative estimate of drug-likeness (QED) is 0.384. The number of unbranched alkanes of at least 4 members (excludes halogenated alkanes) is 9. The highest BCUT2D eigenvalue weighted by molar-refractivity contribution is 5.44. The summed E-state index contributed by atoms with van der Waals surface area (Å²) in [5, 5.41) is 10.3. The van der Waals surface area contributed by atoms with E-state index in [-0.39, 0.29) is 0 Å². The first kappa shape index (κ1) is 20.1. The number of hydrogen-bond donors (Lipinski definition) is 1. The minimum atomic E-state index is 0.519. The molecule has 132 valence electrons. The van der Waals surface area contributed by atoms with Crippen LogP contribution in [0.4, 0.5) is 0 Å². The van der Waals surface area contributed by atoms with Gasteiger partial charge in [0.05, 0.1) is 0 Å². The summed E-state index contributed by atoms with van der Waals surface area (Å²) in [6, 6.07) is 3.96. The van der Waals surface area contributed by atoms with Crippen LogP contribution < -0.4 is 0 Å². The molecule has 0 aromatic heterocycles. The van der Waals surface area contributed by atoms with Crippen LogP contribution in [0.25, 0.3) is 0 Å². The van der Waals surface area contributed by atoms with Gasteiger partial charge in [-0.05, 0) is 55.4 Å². The number of aromatic hydroxyl groups is 1. The van der Waals surface area contributed by atoms with Gasteiger partial charge in [0.15, 0.2) is 0 Å². The molecule has 1 nitrogen and oxygen atoms in total. The molecule has 1 heteroatoms. The van der Waals surface area contributed by atoms with Crippen molar-refractivity contribution < 1.29 is 5.11 Å². The van der Waals surface area contributed by atoms with Crippen LogP contribution in [-0.2, 0) is 12.8 Å². The van der Waals surface area contributed by atoms with Crippen LogP contribution in [0.5, 0.6) is 5.75 Å². The van der Waals surface area contributed by atoms with Crippen LogP contribution in [0, 0.1) is 6.92 Å². The molecule has 0 radical (unpaired) electrons. The van der Waals surface area contributed by atoms with Crippen LogP contribution in [0.2, 0.25) is 0 Å². The average molecular weight is 319 g/mol. The monoisotopic (exact) mass is 318 g/mol. The molecule has 0 spiro atoms. The molecule has 0 fully saturated rings. The van der Waals surface area contributed by atoms with E-state index in [1.165, 1.54) is 87.3 Å². The highest BCUT2D eigenvalue weighted by atomic mass is 16.3. The fourth-order valence-corrected chi connectivity index (χ4v) is 3.41. The van der Waals surface area contributed by atoms with Crippen molar-refractivity contribution in [1.29, 1.82) is 0 Å². The molecule has 1 aromatic carbocycles.